The predicted octanol–water partition coefficient (Wildman–Crippen LogP) is 1.56. The highest BCUT2D eigenvalue weighted by Crippen LogP contribution is 2.19. The lowest BCUT2D eigenvalue weighted by molar-refractivity contribution is -0.137. The van der Waals surface area contributed by atoms with Crippen molar-refractivity contribution in [1.29, 1.82) is 0 Å². The minimum atomic E-state index is -0.951. The molecule has 122 valence electrons. The summed E-state index contributed by atoms with van der Waals surface area (Å²) in [6.07, 6.45) is 0. The molecule has 9 heteroatoms. The smallest absolute Gasteiger partial charge is 0.379 e. The van der Waals surface area contributed by atoms with Crippen molar-refractivity contribution in [2.75, 3.05) is 13.2 Å². The van der Waals surface area contributed by atoms with E-state index in [0.29, 0.717) is 15.0 Å². The summed E-state index contributed by atoms with van der Waals surface area (Å²) in [4.78, 5) is 39.9. The van der Waals surface area contributed by atoms with Crippen LogP contribution in [0, 0.1) is 10.6 Å². The first-order valence-corrected chi connectivity index (χ1v) is 7.93. The molecule has 0 unspecified atom stereocenters. The molecule has 23 heavy (non-hydrogen) atoms. The lowest BCUT2D eigenvalue weighted by Gasteiger charge is -2.08. The van der Waals surface area contributed by atoms with Crippen molar-refractivity contribution in [3.63, 3.8) is 0 Å². The maximum atomic E-state index is 12.2. The number of aromatic nitrogens is 3. The Morgan fingerprint density at radius 1 is 1.22 bits per heavy atom. The number of aryl methyl sites for hydroxylation is 1. The number of rotatable bonds is 5. The van der Waals surface area contributed by atoms with Gasteiger partial charge in [-0.05, 0) is 43.4 Å². The van der Waals surface area contributed by atoms with Crippen molar-refractivity contribution >= 4 is 46.0 Å². The van der Waals surface area contributed by atoms with Crippen molar-refractivity contribution in [3.05, 3.63) is 26.7 Å². The zero-order valence-corrected chi connectivity index (χ0v) is 14.9. The highest BCUT2D eigenvalue weighted by Gasteiger charge is 2.26. The van der Waals surface area contributed by atoms with Gasteiger partial charge in [-0.25, -0.2) is 19.1 Å². The predicted molar refractivity (Wildman–Crippen MR) is 87.4 cm³/mol. The molecule has 2 heterocycles. The summed E-state index contributed by atoms with van der Waals surface area (Å²) in [5, 5.41) is 4.09. The molecule has 2 aromatic rings. The fourth-order valence-electron chi connectivity index (χ4n) is 1.94. The zero-order valence-electron chi connectivity index (χ0n) is 12.8. The molecule has 0 aliphatic carbocycles. The molecule has 0 aromatic carbocycles. The third-order valence-electron chi connectivity index (χ3n) is 2.90. The van der Waals surface area contributed by atoms with Crippen LogP contribution in [0.15, 0.2) is 6.07 Å². The lowest BCUT2D eigenvalue weighted by atomic mass is 10.1. The largest absolute Gasteiger partial charge is 0.461 e. The van der Waals surface area contributed by atoms with Crippen LogP contribution in [-0.4, -0.2) is 45.5 Å². The van der Waals surface area contributed by atoms with Gasteiger partial charge in [0.05, 0.1) is 24.5 Å². The van der Waals surface area contributed by atoms with Crippen LogP contribution < -0.4 is 0 Å². The topological polar surface area (TPSA) is 99.9 Å². The van der Waals surface area contributed by atoms with Crippen LogP contribution in [0.25, 0.3) is 5.65 Å². The van der Waals surface area contributed by atoms with Gasteiger partial charge in [0.25, 0.3) is 5.78 Å². The number of esters is 2. The van der Waals surface area contributed by atoms with E-state index in [1.807, 2.05) is 22.6 Å². The number of carbonyl (C=O) groups excluding carboxylic acids is 3. The van der Waals surface area contributed by atoms with Crippen LogP contribution in [0.3, 0.4) is 0 Å². The van der Waals surface area contributed by atoms with E-state index >= 15 is 0 Å². The summed E-state index contributed by atoms with van der Waals surface area (Å²) in [5.74, 6) is -2.33. The summed E-state index contributed by atoms with van der Waals surface area (Å²) in [5.41, 5.74) is 0.929. The van der Waals surface area contributed by atoms with E-state index in [1.165, 1.54) is 10.6 Å². The van der Waals surface area contributed by atoms with Crippen LogP contribution in [0.4, 0.5) is 0 Å². The van der Waals surface area contributed by atoms with Crippen molar-refractivity contribution in [2.45, 2.75) is 20.8 Å². The standard InChI is InChI=1S/C14H14IN3O5/c1-4-22-13(20)8-6-9-16-7(3)10(12(15)18(9)17-8)11(19)14(21)23-5-2/h6H,4-5H2,1-3H3. The molecule has 0 amide bonds. The Bertz CT molecular complexity index is 799. The molecule has 0 saturated heterocycles. The molecule has 0 aliphatic rings. The third-order valence-corrected chi connectivity index (χ3v) is 3.90. The molecule has 0 bridgehead atoms. The Kier molecular flexibility index (Phi) is 5.29. The second-order valence-electron chi connectivity index (χ2n) is 4.43. The normalized spacial score (nSPS) is 10.6. The number of carbonyl (C=O) groups is 3. The molecule has 0 fully saturated rings. The molecule has 0 radical (unpaired) electrons. The van der Waals surface area contributed by atoms with Crippen molar-refractivity contribution in [2.24, 2.45) is 0 Å². The SMILES string of the molecule is CCOC(=O)C(=O)c1c(C)nc2cc(C(=O)OCC)nn2c1I. The average Bonchev–Trinajstić information content (AvgIpc) is 2.91. The Morgan fingerprint density at radius 3 is 2.48 bits per heavy atom. The fourth-order valence-corrected chi connectivity index (χ4v) is 2.93. The monoisotopic (exact) mass is 431 g/mol. The fraction of sp³-hybridized carbons (Fsp3) is 0.357. The summed E-state index contributed by atoms with van der Waals surface area (Å²) < 4.78 is 11.3. The second-order valence-corrected chi connectivity index (χ2v) is 5.45. The number of ketones is 1. The number of Topliss-reactive ketones (excluding diaryl/α,β-unsaturated/α-hetero) is 1. The number of fused-ring (bicyclic) bond motifs is 1. The Morgan fingerprint density at radius 2 is 1.87 bits per heavy atom. The van der Waals surface area contributed by atoms with Gasteiger partial charge in [0.15, 0.2) is 11.3 Å². The minimum Gasteiger partial charge on any atom is -0.461 e. The van der Waals surface area contributed by atoms with Gasteiger partial charge in [-0.15, -0.1) is 0 Å². The van der Waals surface area contributed by atoms with E-state index in [2.05, 4.69) is 10.1 Å². The van der Waals surface area contributed by atoms with Crippen molar-refractivity contribution in [3.8, 4) is 0 Å². The van der Waals surface area contributed by atoms with Gasteiger partial charge in [0.1, 0.15) is 3.70 Å². The number of hydrogen-bond donors (Lipinski definition) is 0. The molecule has 0 N–H and O–H groups in total. The average molecular weight is 431 g/mol. The molecule has 0 saturated carbocycles. The van der Waals surface area contributed by atoms with E-state index in [4.69, 9.17) is 9.47 Å². The molecule has 2 rings (SSSR count). The van der Waals surface area contributed by atoms with Gasteiger partial charge < -0.3 is 9.47 Å². The number of ether oxygens (including phenoxy) is 2. The van der Waals surface area contributed by atoms with Crippen molar-refractivity contribution < 1.29 is 23.9 Å². The zero-order chi connectivity index (χ0) is 17.1. The molecule has 8 nitrogen and oxygen atoms in total. The van der Waals surface area contributed by atoms with Crippen LogP contribution in [0.1, 0.15) is 40.4 Å². The van der Waals surface area contributed by atoms with Gasteiger partial charge in [0.2, 0.25) is 0 Å². The van der Waals surface area contributed by atoms with Gasteiger partial charge in [-0.3, -0.25) is 4.79 Å². The van der Waals surface area contributed by atoms with E-state index in [9.17, 15) is 14.4 Å². The first kappa shape index (κ1) is 17.3. The Balaban J connectivity index is 2.54. The van der Waals surface area contributed by atoms with Crippen molar-refractivity contribution in [1.82, 2.24) is 14.6 Å². The highest BCUT2D eigenvalue weighted by molar-refractivity contribution is 14.1. The van der Waals surface area contributed by atoms with Gasteiger partial charge in [-0.1, -0.05) is 0 Å². The molecular weight excluding hydrogens is 417 g/mol. The quantitative estimate of drug-likeness (QED) is 0.233. The summed E-state index contributed by atoms with van der Waals surface area (Å²) in [6.45, 7) is 5.23. The number of hydrogen-bond acceptors (Lipinski definition) is 7. The van der Waals surface area contributed by atoms with E-state index in [0.717, 1.165) is 0 Å². The van der Waals surface area contributed by atoms with E-state index in [-0.39, 0.29) is 24.5 Å². The van der Waals surface area contributed by atoms with Crippen LogP contribution in [-0.2, 0) is 14.3 Å². The minimum absolute atomic E-state index is 0.0809. The highest BCUT2D eigenvalue weighted by atomic mass is 127. The Hall–Kier alpha value is -2.04. The maximum absolute atomic E-state index is 12.2. The first-order chi connectivity index (χ1) is 10.9. The summed E-state index contributed by atoms with van der Waals surface area (Å²) >= 11 is 1.88. The molecule has 0 spiro atoms. The Labute approximate surface area is 145 Å². The summed E-state index contributed by atoms with van der Waals surface area (Å²) in [6, 6.07) is 1.46. The van der Waals surface area contributed by atoms with Crippen LogP contribution in [0.5, 0.6) is 0 Å². The third kappa shape index (κ3) is 3.33. The number of nitrogens with zero attached hydrogens (tertiary/aromatic N) is 3. The number of halogens is 1. The van der Waals surface area contributed by atoms with E-state index < -0.39 is 17.7 Å². The van der Waals surface area contributed by atoms with Crippen LogP contribution >= 0.6 is 22.6 Å². The van der Waals surface area contributed by atoms with Gasteiger partial charge in [-0.2, -0.15) is 5.10 Å². The molecular formula is C14H14IN3O5. The summed E-state index contributed by atoms with van der Waals surface area (Å²) in [7, 11) is 0. The van der Waals surface area contributed by atoms with Gasteiger partial charge >= 0.3 is 11.9 Å². The molecule has 2 aromatic heterocycles. The first-order valence-electron chi connectivity index (χ1n) is 6.85. The van der Waals surface area contributed by atoms with Gasteiger partial charge in [0, 0.05) is 6.07 Å². The molecule has 0 aliphatic heterocycles. The second kappa shape index (κ2) is 7.02. The van der Waals surface area contributed by atoms with E-state index in [1.54, 1.807) is 20.8 Å². The lowest BCUT2D eigenvalue weighted by Crippen LogP contribution is -2.22. The van der Waals surface area contributed by atoms with Crippen LogP contribution in [0.2, 0.25) is 0 Å². The maximum Gasteiger partial charge on any atom is 0.379 e. The molecule has 0 atom stereocenters.